The maximum atomic E-state index is 12.3. The van der Waals surface area contributed by atoms with Gasteiger partial charge < -0.3 is 9.47 Å². The summed E-state index contributed by atoms with van der Waals surface area (Å²) in [7, 11) is -1.96. The van der Waals surface area contributed by atoms with E-state index in [1.807, 2.05) is 39.0 Å². The van der Waals surface area contributed by atoms with E-state index in [-0.39, 0.29) is 18.0 Å². The van der Waals surface area contributed by atoms with Gasteiger partial charge in [0, 0.05) is 6.54 Å². The van der Waals surface area contributed by atoms with E-state index < -0.39 is 10.0 Å². The standard InChI is InChI=1S/C18H23NO4S/c1-13-5-8-17(18(11-13)22-4)23-10-9-19-24(20,21)16-7-6-14(2)15(3)12-16/h5-8,11-12,19H,9-10H2,1-4H3. The van der Waals surface area contributed by atoms with Gasteiger partial charge in [0.15, 0.2) is 11.5 Å². The number of hydrogen-bond acceptors (Lipinski definition) is 4. The summed E-state index contributed by atoms with van der Waals surface area (Å²) in [5.74, 6) is 1.22. The zero-order valence-electron chi connectivity index (χ0n) is 14.4. The molecule has 2 aromatic carbocycles. The molecule has 0 radical (unpaired) electrons. The zero-order chi connectivity index (χ0) is 17.7. The van der Waals surface area contributed by atoms with Gasteiger partial charge in [-0.1, -0.05) is 12.1 Å². The molecule has 0 fully saturated rings. The molecule has 0 spiro atoms. The van der Waals surface area contributed by atoms with Crippen LogP contribution in [-0.2, 0) is 10.0 Å². The van der Waals surface area contributed by atoms with Crippen molar-refractivity contribution in [3.8, 4) is 11.5 Å². The Labute approximate surface area is 143 Å². The minimum atomic E-state index is -3.54. The second-order valence-electron chi connectivity index (χ2n) is 5.65. The van der Waals surface area contributed by atoms with Gasteiger partial charge in [-0.25, -0.2) is 13.1 Å². The predicted molar refractivity (Wildman–Crippen MR) is 94.3 cm³/mol. The van der Waals surface area contributed by atoms with E-state index in [1.165, 1.54) is 0 Å². The number of methoxy groups -OCH3 is 1. The highest BCUT2D eigenvalue weighted by atomic mass is 32.2. The number of hydrogen-bond donors (Lipinski definition) is 1. The Balaban J connectivity index is 1.95. The first-order valence-electron chi connectivity index (χ1n) is 7.68. The fourth-order valence-corrected chi connectivity index (χ4v) is 3.29. The van der Waals surface area contributed by atoms with E-state index in [0.717, 1.165) is 16.7 Å². The number of rotatable bonds is 7. The second-order valence-corrected chi connectivity index (χ2v) is 7.41. The van der Waals surface area contributed by atoms with Gasteiger partial charge in [-0.2, -0.15) is 0 Å². The molecule has 2 rings (SSSR count). The van der Waals surface area contributed by atoms with Gasteiger partial charge in [0.2, 0.25) is 10.0 Å². The second kappa shape index (κ2) is 7.68. The largest absolute Gasteiger partial charge is 0.493 e. The Morgan fingerprint density at radius 2 is 1.71 bits per heavy atom. The van der Waals surface area contributed by atoms with Crippen LogP contribution in [0.5, 0.6) is 11.5 Å². The van der Waals surface area contributed by atoms with Crippen molar-refractivity contribution in [3.63, 3.8) is 0 Å². The first-order chi connectivity index (χ1) is 11.3. The first-order valence-corrected chi connectivity index (χ1v) is 9.16. The van der Waals surface area contributed by atoms with Crippen LogP contribution >= 0.6 is 0 Å². The minimum Gasteiger partial charge on any atom is -0.493 e. The Hall–Kier alpha value is -2.05. The molecule has 0 aliphatic heterocycles. The van der Waals surface area contributed by atoms with Crippen molar-refractivity contribution in [2.45, 2.75) is 25.7 Å². The molecule has 0 aliphatic carbocycles. The normalized spacial score (nSPS) is 11.3. The van der Waals surface area contributed by atoms with Crippen LogP contribution in [-0.4, -0.2) is 28.7 Å². The third kappa shape index (κ3) is 4.49. The predicted octanol–water partition coefficient (Wildman–Crippen LogP) is 2.98. The molecular weight excluding hydrogens is 326 g/mol. The molecule has 0 aliphatic rings. The quantitative estimate of drug-likeness (QED) is 0.781. The summed E-state index contributed by atoms with van der Waals surface area (Å²) in [6.07, 6.45) is 0. The summed E-state index contributed by atoms with van der Waals surface area (Å²) in [6.45, 7) is 6.18. The summed E-state index contributed by atoms with van der Waals surface area (Å²) in [5, 5.41) is 0. The Morgan fingerprint density at radius 3 is 2.38 bits per heavy atom. The van der Waals surface area contributed by atoms with Crippen LogP contribution < -0.4 is 14.2 Å². The van der Waals surface area contributed by atoms with E-state index in [9.17, 15) is 8.42 Å². The lowest BCUT2D eigenvalue weighted by Gasteiger charge is -2.12. The van der Waals surface area contributed by atoms with Gasteiger partial charge in [-0.15, -0.1) is 0 Å². The number of sulfonamides is 1. The van der Waals surface area contributed by atoms with Crippen LogP contribution in [0.3, 0.4) is 0 Å². The summed E-state index contributed by atoms with van der Waals surface area (Å²) < 4.78 is 38.0. The van der Waals surface area contributed by atoms with E-state index in [4.69, 9.17) is 9.47 Å². The minimum absolute atomic E-state index is 0.173. The number of aryl methyl sites for hydroxylation is 3. The first kappa shape index (κ1) is 18.3. The molecular formula is C18H23NO4S. The molecule has 0 saturated heterocycles. The van der Waals surface area contributed by atoms with Gasteiger partial charge in [-0.3, -0.25) is 0 Å². The van der Waals surface area contributed by atoms with E-state index >= 15 is 0 Å². The molecule has 0 heterocycles. The van der Waals surface area contributed by atoms with Crippen molar-refractivity contribution in [2.75, 3.05) is 20.3 Å². The molecule has 130 valence electrons. The van der Waals surface area contributed by atoms with Crippen molar-refractivity contribution in [3.05, 3.63) is 53.1 Å². The fourth-order valence-electron chi connectivity index (χ4n) is 2.20. The van der Waals surface area contributed by atoms with Crippen molar-refractivity contribution in [2.24, 2.45) is 0 Å². The molecule has 1 N–H and O–H groups in total. The average molecular weight is 349 g/mol. The summed E-state index contributed by atoms with van der Waals surface area (Å²) in [5.41, 5.74) is 3.07. The van der Waals surface area contributed by atoms with Crippen LogP contribution in [0.15, 0.2) is 41.3 Å². The Bertz CT molecular complexity index is 816. The van der Waals surface area contributed by atoms with Crippen LogP contribution in [0.4, 0.5) is 0 Å². The Morgan fingerprint density at radius 1 is 0.958 bits per heavy atom. The topological polar surface area (TPSA) is 64.6 Å². The Kier molecular flexibility index (Phi) is 5.85. The highest BCUT2D eigenvalue weighted by Crippen LogP contribution is 2.27. The molecule has 0 bridgehead atoms. The van der Waals surface area contributed by atoms with Crippen molar-refractivity contribution >= 4 is 10.0 Å². The molecule has 24 heavy (non-hydrogen) atoms. The van der Waals surface area contributed by atoms with E-state index in [2.05, 4.69) is 4.72 Å². The summed E-state index contributed by atoms with van der Waals surface area (Å²) in [6, 6.07) is 10.7. The van der Waals surface area contributed by atoms with Gasteiger partial charge in [0.05, 0.1) is 12.0 Å². The van der Waals surface area contributed by atoms with Crippen molar-refractivity contribution < 1.29 is 17.9 Å². The van der Waals surface area contributed by atoms with Gasteiger partial charge in [0.1, 0.15) is 6.61 Å². The van der Waals surface area contributed by atoms with Gasteiger partial charge in [-0.05, 0) is 61.7 Å². The smallest absolute Gasteiger partial charge is 0.240 e. The summed E-state index contributed by atoms with van der Waals surface area (Å²) >= 11 is 0. The third-order valence-corrected chi connectivity index (χ3v) is 5.22. The maximum absolute atomic E-state index is 12.3. The molecule has 6 heteroatoms. The van der Waals surface area contributed by atoms with Crippen LogP contribution in [0.2, 0.25) is 0 Å². The van der Waals surface area contributed by atoms with Gasteiger partial charge in [0.25, 0.3) is 0 Å². The number of nitrogens with one attached hydrogen (secondary N) is 1. The average Bonchev–Trinajstić information content (AvgIpc) is 2.55. The molecule has 0 aromatic heterocycles. The molecule has 0 unspecified atom stereocenters. The van der Waals surface area contributed by atoms with Crippen molar-refractivity contribution in [1.82, 2.24) is 4.72 Å². The van der Waals surface area contributed by atoms with Gasteiger partial charge >= 0.3 is 0 Å². The monoisotopic (exact) mass is 349 g/mol. The SMILES string of the molecule is COc1cc(C)ccc1OCCNS(=O)(=O)c1ccc(C)c(C)c1. The lowest BCUT2D eigenvalue weighted by Crippen LogP contribution is -2.28. The van der Waals surface area contributed by atoms with Crippen LogP contribution in [0.25, 0.3) is 0 Å². The number of benzene rings is 2. The highest BCUT2D eigenvalue weighted by Gasteiger charge is 2.14. The molecule has 0 atom stereocenters. The molecule has 0 saturated carbocycles. The lowest BCUT2D eigenvalue weighted by molar-refractivity contribution is 0.298. The van der Waals surface area contributed by atoms with Crippen LogP contribution in [0, 0.1) is 20.8 Å². The van der Waals surface area contributed by atoms with E-state index in [0.29, 0.717) is 11.5 Å². The number of ether oxygens (including phenoxy) is 2. The molecule has 5 nitrogen and oxygen atoms in total. The molecule has 0 amide bonds. The fraction of sp³-hybridized carbons (Fsp3) is 0.333. The third-order valence-electron chi connectivity index (χ3n) is 3.76. The van der Waals surface area contributed by atoms with E-state index in [1.54, 1.807) is 25.3 Å². The lowest BCUT2D eigenvalue weighted by atomic mass is 10.1. The maximum Gasteiger partial charge on any atom is 0.240 e. The highest BCUT2D eigenvalue weighted by molar-refractivity contribution is 7.89. The zero-order valence-corrected chi connectivity index (χ0v) is 15.2. The summed E-state index contributed by atoms with van der Waals surface area (Å²) in [4.78, 5) is 0.263. The molecule has 2 aromatic rings. The van der Waals surface area contributed by atoms with Crippen LogP contribution in [0.1, 0.15) is 16.7 Å². The van der Waals surface area contributed by atoms with Crippen molar-refractivity contribution in [1.29, 1.82) is 0 Å².